The fraction of sp³-hybridized carbons (Fsp3) is 0.167. The van der Waals surface area contributed by atoms with Crippen LogP contribution in [-0.2, 0) is 4.79 Å². The Morgan fingerprint density at radius 1 is 1.17 bits per heavy atom. The van der Waals surface area contributed by atoms with Crippen LogP contribution in [0.4, 0.5) is 0 Å². The van der Waals surface area contributed by atoms with Gasteiger partial charge in [-0.3, -0.25) is 4.79 Å². The van der Waals surface area contributed by atoms with E-state index in [1.54, 1.807) is 25.1 Å². The number of nitrogens with zero attached hydrogens (tertiary/aromatic N) is 1. The Balaban J connectivity index is 1.89. The smallest absolute Gasteiger partial charge is 0.335 e. The maximum absolute atomic E-state index is 12.0. The fourth-order valence-electron chi connectivity index (χ4n) is 1.91. The van der Waals surface area contributed by atoms with Crippen molar-refractivity contribution < 1.29 is 19.4 Å². The first-order valence-corrected chi connectivity index (χ1v) is 7.36. The van der Waals surface area contributed by atoms with E-state index < -0.39 is 12.1 Å². The number of rotatable bonds is 6. The molecular weight excluding hydrogens is 308 g/mol. The third kappa shape index (κ3) is 4.67. The Labute approximate surface area is 139 Å². The number of hydrogen-bond acceptors (Lipinski definition) is 4. The molecule has 0 radical (unpaired) electrons. The minimum absolute atomic E-state index is 0.191. The Morgan fingerprint density at radius 2 is 1.83 bits per heavy atom. The second-order valence-electron chi connectivity index (χ2n) is 5.19. The van der Waals surface area contributed by atoms with Crippen LogP contribution in [0.15, 0.2) is 53.6 Å². The minimum atomic E-state index is -0.992. The van der Waals surface area contributed by atoms with Gasteiger partial charge in [-0.25, -0.2) is 10.2 Å². The predicted molar refractivity (Wildman–Crippen MR) is 90.4 cm³/mol. The molecule has 0 heterocycles. The molecule has 0 unspecified atom stereocenters. The van der Waals surface area contributed by atoms with Gasteiger partial charge in [0.2, 0.25) is 0 Å². The SMILES string of the molecule is Cc1ccccc1O[C@H](C)C(=O)N/N=C/c1ccc(C(=O)O)cc1. The maximum atomic E-state index is 12.0. The third-order valence-corrected chi connectivity index (χ3v) is 3.31. The number of carbonyl (C=O) groups is 2. The second kappa shape index (κ2) is 7.92. The van der Waals surface area contributed by atoms with Crippen LogP contribution < -0.4 is 10.2 Å². The van der Waals surface area contributed by atoms with Crippen molar-refractivity contribution in [2.45, 2.75) is 20.0 Å². The van der Waals surface area contributed by atoms with E-state index in [1.807, 2.05) is 25.1 Å². The summed E-state index contributed by atoms with van der Waals surface area (Å²) < 4.78 is 5.60. The molecule has 2 N–H and O–H groups in total. The molecule has 2 aromatic rings. The average Bonchev–Trinajstić information content (AvgIpc) is 2.57. The number of carboxylic acids is 1. The van der Waals surface area contributed by atoms with E-state index in [0.717, 1.165) is 5.56 Å². The van der Waals surface area contributed by atoms with Gasteiger partial charge in [0.05, 0.1) is 11.8 Å². The molecule has 0 fully saturated rings. The van der Waals surface area contributed by atoms with Crippen LogP contribution in [0.1, 0.15) is 28.4 Å². The first-order valence-electron chi connectivity index (χ1n) is 7.36. The summed E-state index contributed by atoms with van der Waals surface area (Å²) in [5, 5.41) is 12.7. The summed E-state index contributed by atoms with van der Waals surface area (Å²) in [6.45, 7) is 3.54. The molecule has 24 heavy (non-hydrogen) atoms. The van der Waals surface area contributed by atoms with Gasteiger partial charge in [-0.15, -0.1) is 0 Å². The van der Waals surface area contributed by atoms with Gasteiger partial charge in [-0.05, 0) is 43.2 Å². The maximum Gasteiger partial charge on any atom is 0.335 e. The molecule has 0 bridgehead atoms. The minimum Gasteiger partial charge on any atom is -0.481 e. The molecule has 0 aliphatic carbocycles. The standard InChI is InChI=1S/C18H18N2O4/c1-12-5-3-4-6-16(12)24-13(2)17(21)20-19-11-14-7-9-15(10-8-14)18(22)23/h3-11,13H,1-2H3,(H,20,21)(H,22,23)/b19-11+/t13-/m1/s1. The number of hydrazone groups is 1. The van der Waals surface area contributed by atoms with E-state index >= 15 is 0 Å². The van der Waals surface area contributed by atoms with Crippen LogP contribution in [-0.4, -0.2) is 29.3 Å². The summed E-state index contributed by atoms with van der Waals surface area (Å²) in [6, 6.07) is 13.6. The van der Waals surface area contributed by atoms with Crippen LogP contribution in [0.3, 0.4) is 0 Å². The van der Waals surface area contributed by atoms with Crippen LogP contribution in [0.25, 0.3) is 0 Å². The summed E-state index contributed by atoms with van der Waals surface area (Å²) >= 11 is 0. The Bertz CT molecular complexity index is 754. The van der Waals surface area contributed by atoms with Gasteiger partial charge in [-0.1, -0.05) is 30.3 Å². The largest absolute Gasteiger partial charge is 0.481 e. The van der Waals surface area contributed by atoms with E-state index in [2.05, 4.69) is 10.5 Å². The topological polar surface area (TPSA) is 88.0 Å². The number of amides is 1. The first kappa shape index (κ1) is 17.2. The van der Waals surface area contributed by atoms with Crippen molar-refractivity contribution in [3.63, 3.8) is 0 Å². The molecule has 124 valence electrons. The normalized spacial score (nSPS) is 11.9. The zero-order valence-corrected chi connectivity index (χ0v) is 13.4. The molecule has 1 atom stereocenters. The van der Waals surface area contributed by atoms with Crippen molar-refractivity contribution in [2.75, 3.05) is 0 Å². The fourth-order valence-corrected chi connectivity index (χ4v) is 1.91. The first-order chi connectivity index (χ1) is 11.5. The molecule has 0 aliphatic heterocycles. The molecule has 0 aliphatic rings. The number of hydrogen-bond donors (Lipinski definition) is 2. The summed E-state index contributed by atoms with van der Waals surface area (Å²) in [7, 11) is 0. The molecule has 0 saturated carbocycles. The summed E-state index contributed by atoms with van der Waals surface area (Å²) in [6.07, 6.45) is 0.738. The highest BCUT2D eigenvalue weighted by Crippen LogP contribution is 2.17. The number of nitrogens with one attached hydrogen (secondary N) is 1. The van der Waals surface area contributed by atoms with E-state index in [1.165, 1.54) is 18.3 Å². The van der Waals surface area contributed by atoms with Gasteiger partial charge in [0.25, 0.3) is 5.91 Å². The van der Waals surface area contributed by atoms with Gasteiger partial charge in [0.1, 0.15) is 5.75 Å². The van der Waals surface area contributed by atoms with E-state index in [0.29, 0.717) is 11.3 Å². The molecule has 2 aromatic carbocycles. The lowest BCUT2D eigenvalue weighted by atomic mass is 10.1. The van der Waals surface area contributed by atoms with Crippen LogP contribution >= 0.6 is 0 Å². The molecule has 0 spiro atoms. The summed E-state index contributed by atoms with van der Waals surface area (Å²) in [5.41, 5.74) is 4.21. The van der Waals surface area contributed by atoms with Crippen LogP contribution in [0, 0.1) is 6.92 Å². The number of carboxylic acid groups (broad SMARTS) is 1. The van der Waals surface area contributed by atoms with E-state index in [9.17, 15) is 9.59 Å². The Kier molecular flexibility index (Phi) is 5.68. The van der Waals surface area contributed by atoms with Gasteiger partial charge < -0.3 is 9.84 Å². The molecule has 2 rings (SSSR count). The Morgan fingerprint density at radius 3 is 2.46 bits per heavy atom. The summed E-state index contributed by atoms with van der Waals surface area (Å²) in [4.78, 5) is 22.7. The molecule has 0 aromatic heterocycles. The molecule has 6 heteroatoms. The van der Waals surface area contributed by atoms with Crippen molar-refractivity contribution >= 4 is 18.1 Å². The lowest BCUT2D eigenvalue weighted by Gasteiger charge is -2.14. The van der Waals surface area contributed by atoms with Crippen molar-refractivity contribution in [1.82, 2.24) is 5.43 Å². The zero-order chi connectivity index (χ0) is 17.5. The van der Waals surface area contributed by atoms with Gasteiger partial charge in [-0.2, -0.15) is 5.10 Å². The number of carbonyl (C=O) groups excluding carboxylic acids is 1. The van der Waals surface area contributed by atoms with E-state index in [4.69, 9.17) is 9.84 Å². The zero-order valence-electron chi connectivity index (χ0n) is 13.4. The number of aromatic carboxylic acids is 1. The highest BCUT2D eigenvalue weighted by Gasteiger charge is 2.14. The van der Waals surface area contributed by atoms with Gasteiger partial charge >= 0.3 is 5.97 Å². The molecule has 1 amide bonds. The molecule has 0 saturated heterocycles. The third-order valence-electron chi connectivity index (χ3n) is 3.31. The number of para-hydroxylation sites is 1. The number of benzene rings is 2. The second-order valence-corrected chi connectivity index (χ2v) is 5.19. The molecular formula is C18H18N2O4. The van der Waals surface area contributed by atoms with Gasteiger partial charge in [0, 0.05) is 0 Å². The highest BCUT2D eigenvalue weighted by molar-refractivity contribution is 5.89. The van der Waals surface area contributed by atoms with Gasteiger partial charge in [0.15, 0.2) is 6.10 Å². The monoisotopic (exact) mass is 326 g/mol. The van der Waals surface area contributed by atoms with Crippen LogP contribution in [0.5, 0.6) is 5.75 Å². The summed E-state index contributed by atoms with van der Waals surface area (Å²) in [5.74, 6) is -0.723. The Hall–Kier alpha value is -3.15. The average molecular weight is 326 g/mol. The predicted octanol–water partition coefficient (Wildman–Crippen LogP) is 2.61. The van der Waals surface area contributed by atoms with Crippen molar-refractivity contribution in [2.24, 2.45) is 5.10 Å². The highest BCUT2D eigenvalue weighted by atomic mass is 16.5. The molecule has 6 nitrogen and oxygen atoms in total. The number of ether oxygens (including phenoxy) is 1. The van der Waals surface area contributed by atoms with Crippen molar-refractivity contribution in [3.8, 4) is 5.75 Å². The quantitative estimate of drug-likeness (QED) is 0.631. The van der Waals surface area contributed by atoms with Crippen molar-refractivity contribution in [3.05, 3.63) is 65.2 Å². The van der Waals surface area contributed by atoms with E-state index in [-0.39, 0.29) is 11.5 Å². The van der Waals surface area contributed by atoms with Crippen LogP contribution in [0.2, 0.25) is 0 Å². The lowest BCUT2D eigenvalue weighted by molar-refractivity contribution is -0.127. The lowest BCUT2D eigenvalue weighted by Crippen LogP contribution is -2.33. The van der Waals surface area contributed by atoms with Crippen molar-refractivity contribution in [1.29, 1.82) is 0 Å². The number of aryl methyl sites for hydroxylation is 1.